The van der Waals surface area contributed by atoms with Gasteiger partial charge in [0.05, 0.1) is 0 Å². The van der Waals surface area contributed by atoms with Crippen molar-refractivity contribution in [3.8, 4) is 0 Å². The molecule has 0 radical (unpaired) electrons. The molecule has 3 N–H and O–H groups in total. The lowest BCUT2D eigenvalue weighted by atomic mass is 10.1. The van der Waals surface area contributed by atoms with Crippen LogP contribution in [-0.2, 0) is 0 Å². The molecule has 2 heteroatoms. The van der Waals surface area contributed by atoms with Gasteiger partial charge < -0.3 is 11.1 Å². The van der Waals surface area contributed by atoms with Crippen LogP contribution < -0.4 is 11.1 Å². The molecule has 0 bridgehead atoms. The van der Waals surface area contributed by atoms with Crippen molar-refractivity contribution < 1.29 is 0 Å². The fourth-order valence-corrected chi connectivity index (χ4v) is 0.967. The molecule has 0 heterocycles. The van der Waals surface area contributed by atoms with Crippen molar-refractivity contribution in [1.29, 1.82) is 0 Å². The second-order valence-electron chi connectivity index (χ2n) is 3.25. The Morgan fingerprint density at radius 1 is 1.54 bits per heavy atom. The first-order chi connectivity index (χ1) is 6.22. The first-order valence-electron chi connectivity index (χ1n) is 5.00. The highest BCUT2D eigenvalue weighted by atomic mass is 14.8. The summed E-state index contributed by atoms with van der Waals surface area (Å²) in [5.74, 6) is 0. The first kappa shape index (κ1) is 12.2. The average Bonchev–Trinajstić information content (AvgIpc) is 2.12. The lowest BCUT2D eigenvalue weighted by Crippen LogP contribution is -2.20. The fraction of sp³-hybridized carbons (Fsp3) is 0.636. The van der Waals surface area contributed by atoms with Crippen molar-refractivity contribution in [3.63, 3.8) is 0 Å². The zero-order valence-corrected chi connectivity index (χ0v) is 9.01. The summed E-state index contributed by atoms with van der Waals surface area (Å²) in [5.41, 5.74) is 7.02. The molecule has 0 aromatic carbocycles. The highest BCUT2D eigenvalue weighted by molar-refractivity contribution is 5.13. The molecule has 0 aromatic rings. The quantitative estimate of drug-likeness (QED) is 0.488. The molecule has 1 unspecified atom stereocenters. The molecule has 76 valence electrons. The normalized spacial score (nSPS) is 14.9. The van der Waals surface area contributed by atoms with Gasteiger partial charge in [-0.05, 0) is 32.0 Å². The number of unbranched alkanes of at least 4 members (excludes halogenated alkanes) is 1. The summed E-state index contributed by atoms with van der Waals surface area (Å²) in [6.07, 6.45) is 8.42. The maximum absolute atomic E-state index is 5.85. The van der Waals surface area contributed by atoms with E-state index in [1.807, 2.05) is 32.2 Å². The van der Waals surface area contributed by atoms with Gasteiger partial charge in [0.25, 0.3) is 0 Å². The van der Waals surface area contributed by atoms with E-state index in [9.17, 15) is 0 Å². The largest absolute Gasteiger partial charge is 0.391 e. The standard InChI is InChI=1S/C11H22N2/c1-4-6-8-13-9-10(3)11(12)7-5-2/h5,7,9,11,13H,4,6,8,12H2,1-3H3/b7-5-,10-9+. The van der Waals surface area contributed by atoms with E-state index in [0.717, 1.165) is 6.54 Å². The SMILES string of the molecule is C/C=C\C(N)/C(C)=C/NCCCC. The number of hydrogen-bond donors (Lipinski definition) is 2. The lowest BCUT2D eigenvalue weighted by molar-refractivity contribution is 0.727. The van der Waals surface area contributed by atoms with Crippen LogP contribution in [0.5, 0.6) is 0 Å². The molecule has 0 spiro atoms. The van der Waals surface area contributed by atoms with E-state index in [2.05, 4.69) is 12.2 Å². The smallest absolute Gasteiger partial charge is 0.0454 e. The molecule has 1 atom stereocenters. The summed E-state index contributed by atoms with van der Waals surface area (Å²) in [6, 6.07) is 0.0547. The topological polar surface area (TPSA) is 38.0 Å². The maximum atomic E-state index is 5.85. The van der Waals surface area contributed by atoms with E-state index in [0.29, 0.717) is 0 Å². The van der Waals surface area contributed by atoms with Crippen molar-refractivity contribution in [2.45, 2.75) is 39.7 Å². The minimum Gasteiger partial charge on any atom is -0.391 e. The van der Waals surface area contributed by atoms with Crippen molar-refractivity contribution in [3.05, 3.63) is 23.9 Å². The fourth-order valence-electron chi connectivity index (χ4n) is 0.967. The Hall–Kier alpha value is -0.760. The van der Waals surface area contributed by atoms with Crippen LogP contribution in [0.25, 0.3) is 0 Å². The molecule has 0 aliphatic carbocycles. The van der Waals surface area contributed by atoms with Crippen molar-refractivity contribution in [2.75, 3.05) is 6.54 Å². The Kier molecular flexibility index (Phi) is 7.41. The van der Waals surface area contributed by atoms with E-state index in [-0.39, 0.29) is 6.04 Å². The van der Waals surface area contributed by atoms with Gasteiger partial charge in [0.2, 0.25) is 0 Å². The summed E-state index contributed by atoms with van der Waals surface area (Å²) in [4.78, 5) is 0. The monoisotopic (exact) mass is 182 g/mol. The Labute approximate surface area is 81.9 Å². The zero-order chi connectivity index (χ0) is 10.1. The number of allylic oxidation sites excluding steroid dienone is 1. The van der Waals surface area contributed by atoms with Gasteiger partial charge in [-0.15, -0.1) is 0 Å². The number of rotatable bonds is 6. The van der Waals surface area contributed by atoms with Gasteiger partial charge in [0.15, 0.2) is 0 Å². The Balaban J connectivity index is 3.73. The molecule has 0 saturated heterocycles. The summed E-state index contributed by atoms with van der Waals surface area (Å²) in [7, 11) is 0. The third-order valence-electron chi connectivity index (χ3n) is 1.93. The molecule has 13 heavy (non-hydrogen) atoms. The average molecular weight is 182 g/mol. The van der Waals surface area contributed by atoms with Gasteiger partial charge in [-0.3, -0.25) is 0 Å². The van der Waals surface area contributed by atoms with E-state index >= 15 is 0 Å². The van der Waals surface area contributed by atoms with Crippen LogP contribution in [0.1, 0.15) is 33.6 Å². The van der Waals surface area contributed by atoms with Crippen molar-refractivity contribution in [2.24, 2.45) is 5.73 Å². The third-order valence-corrected chi connectivity index (χ3v) is 1.93. The van der Waals surface area contributed by atoms with Crippen LogP contribution in [0.3, 0.4) is 0 Å². The second-order valence-corrected chi connectivity index (χ2v) is 3.25. The molecular formula is C11H22N2. The summed E-state index contributed by atoms with van der Waals surface area (Å²) in [5, 5.41) is 3.25. The van der Waals surface area contributed by atoms with Gasteiger partial charge in [-0.2, -0.15) is 0 Å². The summed E-state index contributed by atoms with van der Waals surface area (Å²) in [6.45, 7) is 7.25. The predicted octanol–water partition coefficient (Wildman–Crippen LogP) is 2.18. The van der Waals surface area contributed by atoms with Gasteiger partial charge in [0, 0.05) is 12.6 Å². The van der Waals surface area contributed by atoms with E-state index in [1.165, 1.54) is 18.4 Å². The molecular weight excluding hydrogens is 160 g/mol. The minimum atomic E-state index is 0.0547. The molecule has 0 saturated carbocycles. The second kappa shape index (κ2) is 7.87. The highest BCUT2D eigenvalue weighted by Crippen LogP contribution is 1.98. The van der Waals surface area contributed by atoms with Crippen LogP contribution in [-0.4, -0.2) is 12.6 Å². The van der Waals surface area contributed by atoms with Crippen molar-refractivity contribution >= 4 is 0 Å². The zero-order valence-electron chi connectivity index (χ0n) is 9.01. The van der Waals surface area contributed by atoms with Crippen LogP contribution >= 0.6 is 0 Å². The highest BCUT2D eigenvalue weighted by Gasteiger charge is 1.97. The van der Waals surface area contributed by atoms with E-state index in [4.69, 9.17) is 5.73 Å². The summed E-state index contributed by atoms with van der Waals surface area (Å²) >= 11 is 0. The maximum Gasteiger partial charge on any atom is 0.0454 e. The van der Waals surface area contributed by atoms with Gasteiger partial charge in [0.1, 0.15) is 0 Å². The molecule has 0 aromatic heterocycles. The first-order valence-corrected chi connectivity index (χ1v) is 5.00. The lowest BCUT2D eigenvalue weighted by Gasteiger charge is -2.07. The van der Waals surface area contributed by atoms with Gasteiger partial charge >= 0.3 is 0 Å². The molecule has 0 aliphatic rings. The van der Waals surface area contributed by atoms with Gasteiger partial charge in [-0.25, -0.2) is 0 Å². The van der Waals surface area contributed by atoms with Crippen LogP contribution in [0, 0.1) is 0 Å². The summed E-state index contributed by atoms with van der Waals surface area (Å²) < 4.78 is 0. The molecule has 0 aliphatic heterocycles. The Morgan fingerprint density at radius 2 is 2.23 bits per heavy atom. The molecule has 0 amide bonds. The third kappa shape index (κ3) is 6.41. The number of nitrogens with one attached hydrogen (secondary N) is 1. The van der Waals surface area contributed by atoms with Crippen molar-refractivity contribution in [1.82, 2.24) is 5.32 Å². The predicted molar refractivity (Wildman–Crippen MR) is 59.5 cm³/mol. The van der Waals surface area contributed by atoms with E-state index in [1.54, 1.807) is 0 Å². The molecule has 0 rings (SSSR count). The molecule has 0 fully saturated rings. The van der Waals surface area contributed by atoms with Crippen LogP contribution in [0.2, 0.25) is 0 Å². The van der Waals surface area contributed by atoms with Crippen LogP contribution in [0.4, 0.5) is 0 Å². The van der Waals surface area contributed by atoms with Gasteiger partial charge in [-0.1, -0.05) is 25.5 Å². The van der Waals surface area contributed by atoms with E-state index < -0.39 is 0 Å². The Morgan fingerprint density at radius 3 is 2.77 bits per heavy atom. The van der Waals surface area contributed by atoms with Crippen LogP contribution in [0.15, 0.2) is 23.9 Å². The molecule has 2 nitrogen and oxygen atoms in total. The Bertz CT molecular complexity index is 171. The number of nitrogens with two attached hydrogens (primary N) is 1. The number of hydrogen-bond acceptors (Lipinski definition) is 2. The minimum absolute atomic E-state index is 0.0547.